The SMILES string of the molecule is C[C@H](C(=O)Nc1ccc(N2CCOCC2)cc1)N1CCN(Cc2cccc(C(F)(F)F)c2)CC1. The van der Waals surface area contributed by atoms with E-state index >= 15 is 0 Å². The quantitative estimate of drug-likeness (QED) is 0.689. The highest BCUT2D eigenvalue weighted by atomic mass is 19.4. The predicted molar refractivity (Wildman–Crippen MR) is 126 cm³/mol. The summed E-state index contributed by atoms with van der Waals surface area (Å²) in [6.45, 7) is 8.29. The number of amides is 1. The summed E-state index contributed by atoms with van der Waals surface area (Å²) in [5, 5.41) is 3.00. The van der Waals surface area contributed by atoms with Crippen molar-refractivity contribution in [3.8, 4) is 0 Å². The summed E-state index contributed by atoms with van der Waals surface area (Å²) >= 11 is 0. The number of carbonyl (C=O) groups is 1. The van der Waals surface area contributed by atoms with Gasteiger partial charge in [-0.15, -0.1) is 0 Å². The molecule has 184 valence electrons. The molecule has 1 N–H and O–H groups in total. The zero-order chi connectivity index (χ0) is 24.1. The van der Waals surface area contributed by atoms with E-state index in [0.717, 1.165) is 43.7 Å². The van der Waals surface area contributed by atoms with E-state index in [-0.39, 0.29) is 11.9 Å². The highest BCUT2D eigenvalue weighted by molar-refractivity contribution is 5.94. The number of benzene rings is 2. The Balaban J connectivity index is 1.25. The van der Waals surface area contributed by atoms with Crippen molar-refractivity contribution in [1.82, 2.24) is 9.80 Å². The largest absolute Gasteiger partial charge is 0.416 e. The minimum Gasteiger partial charge on any atom is -0.378 e. The minimum absolute atomic E-state index is 0.0644. The molecule has 0 unspecified atom stereocenters. The molecule has 4 rings (SSSR count). The summed E-state index contributed by atoms with van der Waals surface area (Å²) in [5.74, 6) is -0.0644. The van der Waals surface area contributed by atoms with Gasteiger partial charge in [-0.1, -0.05) is 18.2 Å². The Bertz CT molecular complexity index is 953. The van der Waals surface area contributed by atoms with Crippen LogP contribution < -0.4 is 10.2 Å². The Morgan fingerprint density at radius 1 is 1.00 bits per heavy atom. The van der Waals surface area contributed by atoms with E-state index in [9.17, 15) is 18.0 Å². The number of halogens is 3. The summed E-state index contributed by atoms with van der Waals surface area (Å²) in [4.78, 5) is 19.3. The van der Waals surface area contributed by atoms with Crippen molar-refractivity contribution < 1.29 is 22.7 Å². The van der Waals surface area contributed by atoms with Crippen molar-refractivity contribution in [2.45, 2.75) is 25.7 Å². The molecule has 0 saturated carbocycles. The zero-order valence-electron chi connectivity index (χ0n) is 19.4. The van der Waals surface area contributed by atoms with Gasteiger partial charge >= 0.3 is 6.18 Å². The van der Waals surface area contributed by atoms with Gasteiger partial charge in [0.05, 0.1) is 24.8 Å². The summed E-state index contributed by atoms with van der Waals surface area (Å²) in [6, 6.07) is 13.1. The minimum atomic E-state index is -4.33. The van der Waals surface area contributed by atoms with E-state index in [4.69, 9.17) is 4.74 Å². The first kappa shape index (κ1) is 24.5. The molecule has 0 aliphatic carbocycles. The Labute approximate surface area is 198 Å². The second-order valence-electron chi connectivity index (χ2n) is 8.82. The number of carbonyl (C=O) groups excluding carboxylic acids is 1. The van der Waals surface area contributed by atoms with Crippen molar-refractivity contribution in [3.05, 3.63) is 59.7 Å². The third kappa shape index (κ3) is 6.28. The number of alkyl halides is 3. The summed E-state index contributed by atoms with van der Waals surface area (Å²) < 4.78 is 44.3. The van der Waals surface area contributed by atoms with E-state index in [2.05, 4.69) is 20.0 Å². The van der Waals surface area contributed by atoms with Crippen LogP contribution in [-0.2, 0) is 22.3 Å². The van der Waals surface area contributed by atoms with Crippen LogP contribution in [0.15, 0.2) is 48.5 Å². The normalized spacial score (nSPS) is 19.1. The highest BCUT2D eigenvalue weighted by Gasteiger charge is 2.31. The number of nitrogens with zero attached hydrogens (tertiary/aromatic N) is 3. The predicted octanol–water partition coefficient (Wildman–Crippen LogP) is 3.69. The van der Waals surface area contributed by atoms with E-state index in [0.29, 0.717) is 38.3 Å². The Kier molecular flexibility index (Phi) is 7.75. The first-order valence-electron chi connectivity index (χ1n) is 11.7. The Morgan fingerprint density at radius 2 is 1.68 bits per heavy atom. The topological polar surface area (TPSA) is 48.1 Å². The average molecular weight is 477 g/mol. The second-order valence-corrected chi connectivity index (χ2v) is 8.82. The van der Waals surface area contributed by atoms with Gasteiger partial charge in [0, 0.05) is 57.2 Å². The van der Waals surface area contributed by atoms with E-state index in [1.54, 1.807) is 6.07 Å². The maximum absolute atomic E-state index is 13.0. The standard InChI is InChI=1S/C25H31F3N4O2/c1-19(24(33)29-22-5-7-23(8-6-22)32-13-15-34-16-14-32)31-11-9-30(10-12-31)18-20-3-2-4-21(17-20)25(26,27)28/h2-8,17,19H,9-16,18H2,1H3,(H,29,33)/t19-/m1/s1. The molecule has 2 fully saturated rings. The Hall–Kier alpha value is -2.62. The lowest BCUT2D eigenvalue weighted by Crippen LogP contribution is -2.52. The molecule has 2 aromatic carbocycles. The molecule has 9 heteroatoms. The smallest absolute Gasteiger partial charge is 0.378 e. The van der Waals surface area contributed by atoms with Gasteiger partial charge < -0.3 is 15.0 Å². The van der Waals surface area contributed by atoms with Crippen molar-refractivity contribution in [2.24, 2.45) is 0 Å². The average Bonchev–Trinajstić information content (AvgIpc) is 2.85. The van der Waals surface area contributed by atoms with Crippen LogP contribution in [0.4, 0.5) is 24.5 Å². The van der Waals surface area contributed by atoms with Gasteiger partial charge in [0.1, 0.15) is 0 Å². The highest BCUT2D eigenvalue weighted by Crippen LogP contribution is 2.30. The molecule has 0 bridgehead atoms. The number of rotatable bonds is 6. The lowest BCUT2D eigenvalue weighted by molar-refractivity contribution is -0.137. The fourth-order valence-electron chi connectivity index (χ4n) is 4.40. The first-order valence-corrected chi connectivity index (χ1v) is 11.7. The van der Waals surface area contributed by atoms with E-state index in [1.165, 1.54) is 12.1 Å². The van der Waals surface area contributed by atoms with Gasteiger partial charge in [0.15, 0.2) is 0 Å². The number of ether oxygens (including phenoxy) is 1. The van der Waals surface area contributed by atoms with Crippen LogP contribution >= 0.6 is 0 Å². The maximum Gasteiger partial charge on any atom is 0.416 e. The molecule has 2 aromatic rings. The number of hydrogen-bond donors (Lipinski definition) is 1. The van der Waals surface area contributed by atoms with Crippen molar-refractivity contribution in [1.29, 1.82) is 0 Å². The van der Waals surface area contributed by atoms with Crippen LogP contribution in [-0.4, -0.2) is 74.2 Å². The Morgan fingerprint density at radius 3 is 2.32 bits per heavy atom. The fourth-order valence-corrected chi connectivity index (χ4v) is 4.40. The lowest BCUT2D eigenvalue weighted by atomic mass is 10.1. The summed E-state index contributed by atoms with van der Waals surface area (Å²) in [6.07, 6.45) is -4.33. The molecule has 1 atom stereocenters. The van der Waals surface area contributed by atoms with Gasteiger partial charge in [-0.2, -0.15) is 13.2 Å². The maximum atomic E-state index is 13.0. The molecular formula is C25H31F3N4O2. The molecule has 2 saturated heterocycles. The molecule has 2 aliphatic heterocycles. The number of piperazine rings is 1. The monoisotopic (exact) mass is 476 g/mol. The van der Waals surface area contributed by atoms with Gasteiger partial charge in [-0.3, -0.25) is 14.6 Å². The third-order valence-electron chi connectivity index (χ3n) is 6.51. The van der Waals surface area contributed by atoms with Gasteiger partial charge in [-0.05, 0) is 42.8 Å². The van der Waals surface area contributed by atoms with Crippen LogP contribution in [0.3, 0.4) is 0 Å². The molecule has 0 aromatic heterocycles. The van der Waals surface area contributed by atoms with Gasteiger partial charge in [-0.25, -0.2) is 0 Å². The van der Waals surface area contributed by atoms with Crippen LogP contribution in [0.1, 0.15) is 18.1 Å². The summed E-state index contributed by atoms with van der Waals surface area (Å²) in [5.41, 5.74) is 1.91. The van der Waals surface area contributed by atoms with E-state index in [1.807, 2.05) is 31.2 Å². The van der Waals surface area contributed by atoms with Crippen molar-refractivity contribution in [3.63, 3.8) is 0 Å². The molecular weight excluding hydrogens is 445 g/mol. The molecule has 1 amide bonds. The zero-order valence-corrected chi connectivity index (χ0v) is 19.4. The summed E-state index contributed by atoms with van der Waals surface area (Å²) in [7, 11) is 0. The number of nitrogens with one attached hydrogen (secondary N) is 1. The molecule has 0 spiro atoms. The lowest BCUT2D eigenvalue weighted by Gasteiger charge is -2.37. The van der Waals surface area contributed by atoms with Gasteiger partial charge in [0.2, 0.25) is 5.91 Å². The van der Waals surface area contributed by atoms with Crippen molar-refractivity contribution in [2.75, 3.05) is 62.7 Å². The van der Waals surface area contributed by atoms with Gasteiger partial charge in [0.25, 0.3) is 0 Å². The first-order chi connectivity index (χ1) is 16.3. The second kappa shape index (κ2) is 10.8. The molecule has 0 radical (unpaired) electrons. The molecule has 2 heterocycles. The molecule has 6 nitrogen and oxygen atoms in total. The number of anilines is 2. The molecule has 2 aliphatic rings. The van der Waals surface area contributed by atoms with Crippen LogP contribution in [0.25, 0.3) is 0 Å². The van der Waals surface area contributed by atoms with Crippen LogP contribution in [0, 0.1) is 0 Å². The molecule has 34 heavy (non-hydrogen) atoms. The van der Waals surface area contributed by atoms with Crippen molar-refractivity contribution >= 4 is 17.3 Å². The fraction of sp³-hybridized carbons (Fsp3) is 0.480. The van der Waals surface area contributed by atoms with Crippen LogP contribution in [0.2, 0.25) is 0 Å². The van der Waals surface area contributed by atoms with E-state index < -0.39 is 11.7 Å². The third-order valence-corrected chi connectivity index (χ3v) is 6.51. The number of morpholine rings is 1. The van der Waals surface area contributed by atoms with Crippen LogP contribution in [0.5, 0.6) is 0 Å². The number of hydrogen-bond acceptors (Lipinski definition) is 5.